The highest BCUT2D eigenvalue weighted by atomic mass is 32.1. The van der Waals surface area contributed by atoms with Crippen LogP contribution in [-0.4, -0.2) is 35.2 Å². The van der Waals surface area contributed by atoms with Gasteiger partial charge in [-0.25, -0.2) is 0 Å². The first kappa shape index (κ1) is 12.0. The van der Waals surface area contributed by atoms with Crippen molar-refractivity contribution in [2.75, 3.05) is 13.6 Å². The first-order valence-electron chi connectivity index (χ1n) is 5.44. The number of hydrogen-bond acceptors (Lipinski definition) is 3. The molecule has 0 N–H and O–H groups in total. The number of fused-ring (bicyclic) bond motifs is 1. The molecule has 0 saturated carbocycles. The number of carbonyl (C=O) groups is 2. The van der Waals surface area contributed by atoms with E-state index in [1.807, 2.05) is 13.8 Å². The molecular weight excluding hydrogens is 236 g/mol. The molecule has 2 aliphatic heterocycles. The molecule has 2 amide bonds. The van der Waals surface area contributed by atoms with Crippen molar-refractivity contribution in [3.05, 3.63) is 34.0 Å². The minimum absolute atomic E-state index is 0.122. The maximum absolute atomic E-state index is 12.1. The molecule has 0 aromatic carbocycles. The first-order valence-corrected chi connectivity index (χ1v) is 5.88. The summed E-state index contributed by atoms with van der Waals surface area (Å²) < 4.78 is 0. The standard InChI is InChI=1S/C12H14N2O2S/c1-4-8(17)10-9-7(6-13(3)12(9)16)11(15)14(10)5-2/h4,6,17H,5H2,1-3H3/b8-4-. The minimum atomic E-state index is -0.146. The van der Waals surface area contributed by atoms with Crippen molar-refractivity contribution in [1.82, 2.24) is 9.80 Å². The van der Waals surface area contributed by atoms with Gasteiger partial charge in [-0.05, 0) is 13.8 Å². The van der Waals surface area contributed by atoms with E-state index < -0.39 is 0 Å². The topological polar surface area (TPSA) is 40.6 Å². The van der Waals surface area contributed by atoms with E-state index in [1.165, 1.54) is 4.90 Å². The quantitative estimate of drug-likeness (QED) is 0.750. The second kappa shape index (κ2) is 4.07. The predicted octanol–water partition coefficient (Wildman–Crippen LogP) is 1.29. The van der Waals surface area contributed by atoms with E-state index in [0.717, 1.165) is 0 Å². The Labute approximate surface area is 106 Å². The zero-order chi connectivity index (χ0) is 12.7. The molecule has 0 aromatic rings. The molecule has 5 heteroatoms. The lowest BCUT2D eigenvalue weighted by molar-refractivity contribution is -0.124. The van der Waals surface area contributed by atoms with Gasteiger partial charge in [-0.3, -0.25) is 9.59 Å². The van der Waals surface area contributed by atoms with E-state index in [1.54, 1.807) is 24.2 Å². The van der Waals surface area contributed by atoms with Crippen LogP contribution in [0, 0.1) is 0 Å². The molecule has 4 nitrogen and oxygen atoms in total. The summed E-state index contributed by atoms with van der Waals surface area (Å²) in [6.45, 7) is 4.24. The number of amides is 2. The molecule has 2 rings (SSSR count). The van der Waals surface area contributed by atoms with Crippen molar-refractivity contribution in [2.45, 2.75) is 13.8 Å². The van der Waals surface area contributed by atoms with Gasteiger partial charge in [0.1, 0.15) is 0 Å². The second-order valence-corrected chi connectivity index (χ2v) is 4.39. The third kappa shape index (κ3) is 1.53. The van der Waals surface area contributed by atoms with Crippen LogP contribution >= 0.6 is 12.6 Å². The number of thiol groups is 1. The molecule has 0 atom stereocenters. The van der Waals surface area contributed by atoms with Crippen molar-refractivity contribution in [1.29, 1.82) is 0 Å². The Balaban J connectivity index is 2.64. The third-order valence-electron chi connectivity index (χ3n) is 2.94. The van der Waals surface area contributed by atoms with Crippen molar-refractivity contribution < 1.29 is 9.59 Å². The molecule has 2 heterocycles. The van der Waals surface area contributed by atoms with Crippen molar-refractivity contribution in [2.24, 2.45) is 0 Å². The zero-order valence-electron chi connectivity index (χ0n) is 10.0. The number of hydrogen-bond donors (Lipinski definition) is 1. The SMILES string of the molecule is C/C=C(\S)C1=C2C(=O)N(C)C=C2C(=O)N1CC. The maximum atomic E-state index is 12.1. The Hall–Kier alpha value is -1.49. The lowest BCUT2D eigenvalue weighted by atomic mass is 10.1. The van der Waals surface area contributed by atoms with Gasteiger partial charge in [0.05, 0.1) is 16.8 Å². The summed E-state index contributed by atoms with van der Waals surface area (Å²) >= 11 is 4.34. The van der Waals surface area contributed by atoms with Gasteiger partial charge in [-0.15, -0.1) is 12.6 Å². The summed E-state index contributed by atoms with van der Waals surface area (Å²) in [5.74, 6) is -0.267. The molecule has 0 radical (unpaired) electrons. The Morgan fingerprint density at radius 1 is 1.41 bits per heavy atom. The van der Waals surface area contributed by atoms with Crippen LogP contribution in [0.5, 0.6) is 0 Å². The van der Waals surface area contributed by atoms with Gasteiger partial charge in [0.15, 0.2) is 0 Å². The molecule has 0 saturated heterocycles. The first-order chi connectivity index (χ1) is 8.02. The Kier molecular flexibility index (Phi) is 2.87. The number of carbonyl (C=O) groups excluding carboxylic acids is 2. The molecular formula is C12H14N2O2S. The molecule has 0 aromatic heterocycles. The monoisotopic (exact) mass is 250 g/mol. The number of rotatable bonds is 2. The van der Waals surface area contributed by atoms with E-state index in [9.17, 15) is 9.59 Å². The summed E-state index contributed by atoms with van der Waals surface area (Å²) in [6, 6.07) is 0. The van der Waals surface area contributed by atoms with Gasteiger partial charge < -0.3 is 9.80 Å². The molecule has 0 spiro atoms. The van der Waals surface area contributed by atoms with Gasteiger partial charge >= 0.3 is 0 Å². The molecule has 17 heavy (non-hydrogen) atoms. The minimum Gasteiger partial charge on any atom is -0.317 e. The van der Waals surface area contributed by atoms with Crippen molar-refractivity contribution in [3.8, 4) is 0 Å². The summed E-state index contributed by atoms with van der Waals surface area (Å²) in [4.78, 5) is 27.8. The van der Waals surface area contributed by atoms with E-state index in [2.05, 4.69) is 12.6 Å². The van der Waals surface area contributed by atoms with Crippen LogP contribution in [0.4, 0.5) is 0 Å². The van der Waals surface area contributed by atoms with Gasteiger partial charge in [0, 0.05) is 24.7 Å². The molecule has 90 valence electrons. The smallest absolute Gasteiger partial charge is 0.260 e. The Morgan fingerprint density at radius 2 is 2.06 bits per heavy atom. The molecule has 2 aliphatic rings. The molecule has 0 unspecified atom stereocenters. The number of likely N-dealkylation sites (N-methyl/N-ethyl adjacent to an activating group) is 2. The fourth-order valence-electron chi connectivity index (χ4n) is 2.09. The van der Waals surface area contributed by atoms with Crippen LogP contribution in [0.1, 0.15) is 13.8 Å². The highest BCUT2D eigenvalue weighted by Gasteiger charge is 2.43. The van der Waals surface area contributed by atoms with Crippen LogP contribution in [0.3, 0.4) is 0 Å². The molecule has 0 fully saturated rings. The van der Waals surface area contributed by atoms with Gasteiger partial charge in [-0.2, -0.15) is 0 Å². The normalized spacial score (nSPS) is 20.5. The Morgan fingerprint density at radius 3 is 2.59 bits per heavy atom. The van der Waals surface area contributed by atoms with Crippen LogP contribution < -0.4 is 0 Å². The van der Waals surface area contributed by atoms with Gasteiger partial charge in [0.2, 0.25) is 0 Å². The molecule has 0 bridgehead atoms. The zero-order valence-corrected chi connectivity index (χ0v) is 10.9. The fraction of sp³-hybridized carbons (Fsp3) is 0.333. The van der Waals surface area contributed by atoms with E-state index in [4.69, 9.17) is 0 Å². The van der Waals surface area contributed by atoms with Crippen LogP contribution in [-0.2, 0) is 9.59 Å². The van der Waals surface area contributed by atoms with E-state index in [0.29, 0.717) is 28.3 Å². The maximum Gasteiger partial charge on any atom is 0.260 e. The average molecular weight is 250 g/mol. The van der Waals surface area contributed by atoms with Crippen molar-refractivity contribution >= 4 is 24.4 Å². The third-order valence-corrected chi connectivity index (χ3v) is 3.41. The fourth-order valence-corrected chi connectivity index (χ4v) is 2.32. The summed E-state index contributed by atoms with van der Waals surface area (Å²) in [6.07, 6.45) is 3.38. The highest BCUT2D eigenvalue weighted by Crippen LogP contribution is 2.38. The van der Waals surface area contributed by atoms with Gasteiger partial charge in [0.25, 0.3) is 11.8 Å². The summed E-state index contributed by atoms with van der Waals surface area (Å²) in [7, 11) is 1.65. The van der Waals surface area contributed by atoms with Crippen LogP contribution in [0.15, 0.2) is 34.0 Å². The number of allylic oxidation sites excluding steroid dienone is 1. The average Bonchev–Trinajstić information content (AvgIpc) is 2.75. The van der Waals surface area contributed by atoms with Crippen LogP contribution in [0.2, 0.25) is 0 Å². The van der Waals surface area contributed by atoms with Crippen molar-refractivity contribution in [3.63, 3.8) is 0 Å². The van der Waals surface area contributed by atoms with Crippen LogP contribution in [0.25, 0.3) is 0 Å². The lowest BCUT2D eigenvalue weighted by Gasteiger charge is -2.19. The largest absolute Gasteiger partial charge is 0.317 e. The summed E-state index contributed by atoms with van der Waals surface area (Å²) in [5, 5.41) is 0. The summed E-state index contributed by atoms with van der Waals surface area (Å²) in [5.41, 5.74) is 1.58. The predicted molar refractivity (Wildman–Crippen MR) is 68.0 cm³/mol. The van der Waals surface area contributed by atoms with E-state index in [-0.39, 0.29) is 11.8 Å². The van der Waals surface area contributed by atoms with E-state index >= 15 is 0 Å². The second-order valence-electron chi connectivity index (χ2n) is 3.91. The lowest BCUT2D eigenvalue weighted by Crippen LogP contribution is -2.27. The Bertz CT molecular complexity index is 503. The van der Waals surface area contributed by atoms with Gasteiger partial charge in [-0.1, -0.05) is 6.08 Å². The number of nitrogens with zero attached hydrogens (tertiary/aromatic N) is 2. The molecule has 0 aliphatic carbocycles. The highest BCUT2D eigenvalue weighted by molar-refractivity contribution is 7.84.